The normalized spacial score (nSPS) is 27.1. The predicted octanol–water partition coefficient (Wildman–Crippen LogP) is 1.14. The molecule has 0 aromatic rings. The third-order valence-electron chi connectivity index (χ3n) is 3.59. The highest BCUT2D eigenvalue weighted by Gasteiger charge is 2.46. The molecule has 1 aliphatic heterocycles. The van der Waals surface area contributed by atoms with E-state index in [4.69, 9.17) is 5.11 Å². The van der Waals surface area contributed by atoms with Gasteiger partial charge in [-0.15, -0.1) is 0 Å². The number of urea groups is 1. The van der Waals surface area contributed by atoms with Crippen molar-refractivity contribution in [2.75, 3.05) is 18.1 Å². The summed E-state index contributed by atoms with van der Waals surface area (Å²) in [5.41, 5.74) is -0.999. The molecule has 0 aromatic heterocycles. The zero-order valence-electron chi connectivity index (χ0n) is 9.94. The lowest BCUT2D eigenvalue weighted by Crippen LogP contribution is -2.63. The second-order valence-electron chi connectivity index (χ2n) is 4.79. The van der Waals surface area contributed by atoms with Crippen LogP contribution in [0, 0.1) is 0 Å². The Morgan fingerprint density at radius 1 is 1.47 bits per heavy atom. The number of hydrogen-bond acceptors (Lipinski definition) is 3. The van der Waals surface area contributed by atoms with Crippen LogP contribution in [-0.2, 0) is 4.79 Å². The third-order valence-corrected chi connectivity index (χ3v) is 4.78. The van der Waals surface area contributed by atoms with Crippen molar-refractivity contribution >= 4 is 23.8 Å². The predicted molar refractivity (Wildman–Crippen MR) is 66.2 cm³/mol. The first kappa shape index (κ1) is 12.5. The fraction of sp³-hybridized carbons (Fsp3) is 0.818. The van der Waals surface area contributed by atoms with Crippen molar-refractivity contribution < 1.29 is 14.7 Å². The molecule has 2 fully saturated rings. The average molecular weight is 258 g/mol. The maximum absolute atomic E-state index is 12.1. The van der Waals surface area contributed by atoms with Crippen LogP contribution in [0.5, 0.6) is 0 Å². The zero-order chi connectivity index (χ0) is 12.5. The molecule has 1 saturated carbocycles. The van der Waals surface area contributed by atoms with E-state index in [9.17, 15) is 9.59 Å². The Kier molecular flexibility index (Phi) is 3.51. The summed E-state index contributed by atoms with van der Waals surface area (Å²) in [6, 6.07) is -0.0421. The molecule has 6 heteroatoms. The zero-order valence-corrected chi connectivity index (χ0v) is 10.8. The number of carbonyl (C=O) groups excluding carboxylic acids is 1. The maximum Gasteiger partial charge on any atom is 0.329 e. The summed E-state index contributed by atoms with van der Waals surface area (Å²) >= 11 is 1.83. The maximum atomic E-state index is 12.1. The van der Waals surface area contributed by atoms with Crippen LogP contribution in [0.2, 0.25) is 0 Å². The quantitative estimate of drug-likeness (QED) is 0.779. The van der Waals surface area contributed by atoms with E-state index < -0.39 is 11.5 Å². The van der Waals surface area contributed by atoms with Gasteiger partial charge >= 0.3 is 12.0 Å². The Balaban J connectivity index is 1.98. The third kappa shape index (κ3) is 2.36. The van der Waals surface area contributed by atoms with Gasteiger partial charge in [0.15, 0.2) is 0 Å². The topological polar surface area (TPSA) is 69.6 Å². The molecule has 0 radical (unpaired) electrons. The average Bonchev–Trinajstić information content (AvgIpc) is 2.23. The van der Waals surface area contributed by atoms with Crippen LogP contribution >= 0.6 is 11.8 Å². The number of carboxylic acid groups (broad SMARTS) is 1. The van der Waals surface area contributed by atoms with Gasteiger partial charge in [-0.1, -0.05) is 0 Å². The van der Waals surface area contributed by atoms with Crippen molar-refractivity contribution in [2.24, 2.45) is 0 Å². The molecule has 1 aliphatic carbocycles. The Morgan fingerprint density at radius 2 is 2.18 bits per heavy atom. The van der Waals surface area contributed by atoms with Gasteiger partial charge in [0.2, 0.25) is 0 Å². The van der Waals surface area contributed by atoms with Crippen molar-refractivity contribution in [1.29, 1.82) is 0 Å². The first-order chi connectivity index (χ1) is 8.05. The van der Waals surface area contributed by atoms with Crippen LogP contribution in [0.1, 0.15) is 26.2 Å². The molecule has 1 atom stereocenters. The summed E-state index contributed by atoms with van der Waals surface area (Å²) in [6.07, 6.45) is 1.97. The van der Waals surface area contributed by atoms with Crippen molar-refractivity contribution in [3.63, 3.8) is 0 Å². The number of aliphatic carboxylic acids is 1. The Hall–Kier alpha value is -0.910. The Bertz CT molecular complexity index is 331. The number of thioether (sulfide) groups is 1. The van der Waals surface area contributed by atoms with E-state index in [2.05, 4.69) is 5.32 Å². The first-order valence-corrected chi connectivity index (χ1v) is 7.10. The minimum atomic E-state index is -0.999. The minimum Gasteiger partial charge on any atom is -0.480 e. The van der Waals surface area contributed by atoms with Crippen molar-refractivity contribution in [2.45, 2.75) is 37.8 Å². The van der Waals surface area contributed by atoms with Gasteiger partial charge < -0.3 is 15.3 Å². The minimum absolute atomic E-state index is 0.180. The lowest BCUT2D eigenvalue weighted by molar-refractivity contribution is -0.148. The summed E-state index contributed by atoms with van der Waals surface area (Å²) in [6.45, 7) is 2.70. The van der Waals surface area contributed by atoms with Gasteiger partial charge in [-0.2, -0.15) is 11.8 Å². The molecular formula is C11H18N2O3S. The molecule has 2 aliphatic rings. The van der Waals surface area contributed by atoms with Crippen molar-refractivity contribution in [1.82, 2.24) is 10.2 Å². The highest BCUT2D eigenvalue weighted by atomic mass is 32.2. The molecule has 2 amide bonds. The largest absolute Gasteiger partial charge is 0.480 e. The van der Waals surface area contributed by atoms with Crippen LogP contribution in [-0.4, -0.2) is 51.6 Å². The monoisotopic (exact) mass is 258 g/mol. The number of nitrogens with zero attached hydrogens (tertiary/aromatic N) is 1. The lowest BCUT2D eigenvalue weighted by atomic mass is 9.77. The summed E-state index contributed by atoms with van der Waals surface area (Å²) in [5, 5.41) is 11.9. The van der Waals surface area contributed by atoms with Crippen LogP contribution in [0.15, 0.2) is 0 Å². The molecule has 5 nitrogen and oxygen atoms in total. The number of rotatable bonds is 2. The summed E-state index contributed by atoms with van der Waals surface area (Å²) in [7, 11) is 0. The van der Waals surface area contributed by atoms with Gasteiger partial charge in [0.05, 0.1) is 0 Å². The molecule has 1 heterocycles. The van der Waals surface area contributed by atoms with E-state index in [1.165, 1.54) is 0 Å². The van der Waals surface area contributed by atoms with Gasteiger partial charge in [-0.05, 0) is 26.2 Å². The van der Waals surface area contributed by atoms with Gasteiger partial charge in [-0.3, -0.25) is 0 Å². The Morgan fingerprint density at radius 3 is 2.65 bits per heavy atom. The van der Waals surface area contributed by atoms with Crippen LogP contribution < -0.4 is 5.32 Å². The smallest absolute Gasteiger partial charge is 0.329 e. The van der Waals surface area contributed by atoms with Gasteiger partial charge in [0.1, 0.15) is 5.54 Å². The van der Waals surface area contributed by atoms with Crippen molar-refractivity contribution in [3.8, 4) is 0 Å². The van der Waals surface area contributed by atoms with E-state index in [1.807, 2.05) is 18.7 Å². The highest BCUT2D eigenvalue weighted by Crippen LogP contribution is 2.32. The second kappa shape index (κ2) is 4.76. The molecule has 2 N–H and O–H groups in total. The SMILES string of the molecule is CC1CSCCN1C(=O)NC1(C(=O)O)CCC1. The van der Waals surface area contributed by atoms with E-state index in [-0.39, 0.29) is 12.1 Å². The van der Waals surface area contributed by atoms with Gasteiger partial charge in [-0.25, -0.2) is 9.59 Å². The second-order valence-corrected chi connectivity index (χ2v) is 5.94. The molecular weight excluding hydrogens is 240 g/mol. The molecule has 96 valence electrons. The van der Waals surface area contributed by atoms with Crippen LogP contribution in [0.4, 0.5) is 4.79 Å². The molecule has 0 spiro atoms. The molecule has 0 aromatic carbocycles. The van der Waals surface area contributed by atoms with Crippen LogP contribution in [0.3, 0.4) is 0 Å². The molecule has 0 bridgehead atoms. The standard InChI is InChI=1S/C11H18N2O3S/c1-8-7-17-6-5-13(8)10(16)12-11(9(14)15)3-2-4-11/h8H,2-7H2,1H3,(H,12,16)(H,14,15). The van der Waals surface area contributed by atoms with Crippen LogP contribution in [0.25, 0.3) is 0 Å². The summed E-state index contributed by atoms with van der Waals surface area (Å²) in [5.74, 6) is 0.946. The molecule has 2 rings (SSSR count). The summed E-state index contributed by atoms with van der Waals surface area (Å²) < 4.78 is 0. The number of nitrogens with one attached hydrogen (secondary N) is 1. The van der Waals surface area contributed by atoms with Crippen molar-refractivity contribution in [3.05, 3.63) is 0 Å². The molecule has 17 heavy (non-hydrogen) atoms. The van der Waals surface area contributed by atoms with Gasteiger partial charge in [0, 0.05) is 24.1 Å². The Labute approximate surface area is 105 Å². The van der Waals surface area contributed by atoms with E-state index in [0.29, 0.717) is 19.4 Å². The fourth-order valence-electron chi connectivity index (χ4n) is 2.23. The van der Waals surface area contributed by atoms with Gasteiger partial charge in [0.25, 0.3) is 0 Å². The first-order valence-electron chi connectivity index (χ1n) is 5.95. The fourth-order valence-corrected chi connectivity index (χ4v) is 3.24. The highest BCUT2D eigenvalue weighted by molar-refractivity contribution is 7.99. The molecule has 1 saturated heterocycles. The lowest BCUT2D eigenvalue weighted by Gasteiger charge is -2.41. The van der Waals surface area contributed by atoms with E-state index >= 15 is 0 Å². The number of carbonyl (C=O) groups is 2. The number of amides is 2. The summed E-state index contributed by atoms with van der Waals surface area (Å²) in [4.78, 5) is 25.0. The van der Waals surface area contributed by atoms with E-state index in [1.54, 1.807) is 4.90 Å². The molecule has 1 unspecified atom stereocenters. The van der Waals surface area contributed by atoms with E-state index in [0.717, 1.165) is 17.9 Å². The number of carboxylic acids is 1. The number of hydrogen-bond donors (Lipinski definition) is 2.